The summed E-state index contributed by atoms with van der Waals surface area (Å²) < 4.78 is 39.1. The SMILES string of the molecule is CCN(CC(=O)Nc1ccccc1C(F)(F)F)C(=O)CCC1CCCCC1. The van der Waals surface area contributed by atoms with Crippen molar-refractivity contribution < 1.29 is 22.8 Å². The third-order valence-electron chi connectivity index (χ3n) is 5.07. The van der Waals surface area contributed by atoms with Crippen molar-refractivity contribution in [2.45, 2.75) is 58.0 Å². The van der Waals surface area contributed by atoms with Crippen LogP contribution in [0.4, 0.5) is 18.9 Å². The first-order chi connectivity index (χ1) is 12.8. The second-order valence-electron chi connectivity index (χ2n) is 7.04. The molecule has 1 N–H and O–H groups in total. The van der Waals surface area contributed by atoms with E-state index in [1.165, 1.54) is 42.4 Å². The number of halogens is 3. The van der Waals surface area contributed by atoms with E-state index in [0.717, 1.165) is 25.3 Å². The van der Waals surface area contributed by atoms with E-state index in [-0.39, 0.29) is 18.1 Å². The van der Waals surface area contributed by atoms with E-state index in [9.17, 15) is 22.8 Å². The molecule has 27 heavy (non-hydrogen) atoms. The summed E-state index contributed by atoms with van der Waals surface area (Å²) in [5.41, 5.74) is -1.19. The number of nitrogens with zero attached hydrogens (tertiary/aromatic N) is 1. The minimum absolute atomic E-state index is 0.123. The van der Waals surface area contributed by atoms with Crippen molar-refractivity contribution in [1.29, 1.82) is 0 Å². The predicted octanol–water partition coefficient (Wildman–Crippen LogP) is 4.85. The first kappa shape index (κ1) is 21.3. The van der Waals surface area contributed by atoms with Crippen LogP contribution in [-0.2, 0) is 15.8 Å². The fraction of sp³-hybridized carbons (Fsp3) is 0.600. The Bertz CT molecular complexity index is 640. The number of carbonyl (C=O) groups is 2. The van der Waals surface area contributed by atoms with E-state index in [1.54, 1.807) is 6.92 Å². The zero-order chi connectivity index (χ0) is 19.9. The van der Waals surface area contributed by atoms with Crippen LogP contribution in [0.15, 0.2) is 24.3 Å². The minimum atomic E-state index is -4.55. The molecule has 0 heterocycles. The van der Waals surface area contributed by atoms with Crippen LogP contribution >= 0.6 is 0 Å². The molecule has 0 unspecified atom stereocenters. The third kappa shape index (κ3) is 6.56. The molecule has 2 rings (SSSR count). The molecule has 0 aliphatic heterocycles. The van der Waals surface area contributed by atoms with Gasteiger partial charge in [0.05, 0.1) is 17.8 Å². The zero-order valence-electron chi connectivity index (χ0n) is 15.6. The van der Waals surface area contributed by atoms with Crippen molar-refractivity contribution in [1.82, 2.24) is 4.90 Å². The Morgan fingerprint density at radius 3 is 2.44 bits per heavy atom. The molecule has 0 aromatic heterocycles. The molecule has 150 valence electrons. The van der Waals surface area contributed by atoms with Crippen LogP contribution < -0.4 is 5.32 Å². The van der Waals surface area contributed by atoms with E-state index >= 15 is 0 Å². The summed E-state index contributed by atoms with van der Waals surface area (Å²) in [6.07, 6.45) is 2.60. The van der Waals surface area contributed by atoms with Gasteiger partial charge in [-0.15, -0.1) is 0 Å². The van der Waals surface area contributed by atoms with Gasteiger partial charge in [-0.05, 0) is 31.4 Å². The lowest BCUT2D eigenvalue weighted by Gasteiger charge is -2.24. The van der Waals surface area contributed by atoms with Crippen molar-refractivity contribution in [3.8, 4) is 0 Å². The van der Waals surface area contributed by atoms with Gasteiger partial charge in [0, 0.05) is 13.0 Å². The Kier molecular flexibility index (Phi) is 7.68. The largest absolute Gasteiger partial charge is 0.418 e. The van der Waals surface area contributed by atoms with E-state index < -0.39 is 17.6 Å². The molecule has 1 saturated carbocycles. The molecule has 0 atom stereocenters. The number of rotatable bonds is 7. The minimum Gasteiger partial charge on any atom is -0.334 e. The summed E-state index contributed by atoms with van der Waals surface area (Å²) in [6, 6.07) is 4.83. The molecule has 0 bridgehead atoms. The third-order valence-corrected chi connectivity index (χ3v) is 5.07. The van der Waals surface area contributed by atoms with E-state index in [1.807, 2.05) is 0 Å². The van der Waals surface area contributed by atoms with Crippen LogP contribution in [0.2, 0.25) is 0 Å². The highest BCUT2D eigenvalue weighted by Crippen LogP contribution is 2.34. The van der Waals surface area contributed by atoms with Gasteiger partial charge >= 0.3 is 6.18 Å². The Morgan fingerprint density at radius 2 is 1.81 bits per heavy atom. The van der Waals surface area contributed by atoms with Crippen molar-refractivity contribution in [3.63, 3.8) is 0 Å². The molecular formula is C20H27F3N2O2. The number of hydrogen-bond acceptors (Lipinski definition) is 2. The second-order valence-corrected chi connectivity index (χ2v) is 7.04. The molecule has 0 radical (unpaired) electrons. The Hall–Kier alpha value is -2.05. The highest BCUT2D eigenvalue weighted by molar-refractivity contribution is 5.95. The van der Waals surface area contributed by atoms with E-state index in [2.05, 4.69) is 5.32 Å². The normalized spacial score (nSPS) is 15.4. The number of amides is 2. The summed E-state index contributed by atoms with van der Waals surface area (Å²) >= 11 is 0. The van der Waals surface area contributed by atoms with Crippen LogP contribution in [0.3, 0.4) is 0 Å². The van der Waals surface area contributed by atoms with Crippen LogP contribution in [0.1, 0.15) is 57.4 Å². The van der Waals surface area contributed by atoms with Crippen molar-refractivity contribution in [2.75, 3.05) is 18.4 Å². The average molecular weight is 384 g/mol. The lowest BCUT2D eigenvalue weighted by atomic mass is 9.86. The smallest absolute Gasteiger partial charge is 0.334 e. The maximum absolute atomic E-state index is 13.0. The van der Waals surface area contributed by atoms with E-state index in [4.69, 9.17) is 0 Å². The van der Waals surface area contributed by atoms with Crippen molar-refractivity contribution >= 4 is 17.5 Å². The molecule has 0 saturated heterocycles. The number of nitrogens with one attached hydrogen (secondary N) is 1. The molecule has 0 spiro atoms. The quantitative estimate of drug-likeness (QED) is 0.730. The molecule has 1 aromatic rings. The molecule has 7 heteroatoms. The highest BCUT2D eigenvalue weighted by Gasteiger charge is 2.33. The van der Waals surface area contributed by atoms with Crippen LogP contribution in [0.25, 0.3) is 0 Å². The monoisotopic (exact) mass is 384 g/mol. The Labute approximate surface area is 158 Å². The van der Waals surface area contributed by atoms with Gasteiger partial charge < -0.3 is 10.2 Å². The number of alkyl halides is 3. The number of hydrogen-bond donors (Lipinski definition) is 1. The highest BCUT2D eigenvalue weighted by atomic mass is 19.4. The lowest BCUT2D eigenvalue weighted by Crippen LogP contribution is -2.38. The van der Waals surface area contributed by atoms with Crippen LogP contribution in [0.5, 0.6) is 0 Å². The van der Waals surface area contributed by atoms with Gasteiger partial charge in [-0.3, -0.25) is 9.59 Å². The first-order valence-corrected chi connectivity index (χ1v) is 9.55. The van der Waals surface area contributed by atoms with E-state index in [0.29, 0.717) is 18.9 Å². The summed E-state index contributed by atoms with van der Waals surface area (Å²) in [5.74, 6) is -0.184. The summed E-state index contributed by atoms with van der Waals surface area (Å²) in [7, 11) is 0. The number of benzene rings is 1. The number of para-hydroxylation sites is 1. The van der Waals surface area contributed by atoms with Gasteiger partial charge in [-0.1, -0.05) is 44.2 Å². The van der Waals surface area contributed by atoms with Gasteiger partial charge in [0.1, 0.15) is 0 Å². The van der Waals surface area contributed by atoms with Crippen molar-refractivity contribution in [2.24, 2.45) is 5.92 Å². The topological polar surface area (TPSA) is 49.4 Å². The maximum Gasteiger partial charge on any atom is 0.418 e. The van der Waals surface area contributed by atoms with Crippen molar-refractivity contribution in [3.05, 3.63) is 29.8 Å². The predicted molar refractivity (Wildman–Crippen MR) is 98.1 cm³/mol. The molecular weight excluding hydrogens is 357 g/mol. The average Bonchev–Trinajstić information content (AvgIpc) is 2.64. The number of anilines is 1. The molecule has 4 nitrogen and oxygen atoms in total. The summed E-state index contributed by atoms with van der Waals surface area (Å²) in [5, 5.41) is 2.29. The molecule has 2 amide bonds. The fourth-order valence-corrected chi connectivity index (χ4v) is 3.54. The van der Waals surface area contributed by atoms with Gasteiger partial charge in [-0.2, -0.15) is 13.2 Å². The zero-order valence-corrected chi connectivity index (χ0v) is 15.6. The lowest BCUT2D eigenvalue weighted by molar-refractivity contribution is -0.137. The fourth-order valence-electron chi connectivity index (χ4n) is 3.54. The summed E-state index contributed by atoms with van der Waals surface area (Å²) in [6.45, 7) is 1.86. The van der Waals surface area contributed by atoms with Crippen LogP contribution in [0, 0.1) is 5.92 Å². The van der Waals surface area contributed by atoms with Gasteiger partial charge in [-0.25, -0.2) is 0 Å². The molecule has 1 aliphatic carbocycles. The Balaban J connectivity index is 1.90. The van der Waals surface area contributed by atoms with Gasteiger partial charge in [0.25, 0.3) is 0 Å². The standard InChI is InChI=1S/C20H27F3N2O2/c1-2-25(19(27)13-12-15-8-4-3-5-9-15)14-18(26)24-17-11-7-6-10-16(17)20(21,22)23/h6-7,10-11,15H,2-5,8-9,12-14H2,1H3,(H,24,26). The van der Waals surface area contributed by atoms with Gasteiger partial charge in [0.2, 0.25) is 11.8 Å². The summed E-state index contributed by atoms with van der Waals surface area (Å²) in [4.78, 5) is 26.0. The maximum atomic E-state index is 13.0. The second kappa shape index (κ2) is 9.76. The number of carbonyl (C=O) groups excluding carboxylic acids is 2. The number of likely N-dealkylation sites (N-methyl/N-ethyl adjacent to an activating group) is 1. The van der Waals surface area contributed by atoms with Crippen LogP contribution in [-0.4, -0.2) is 29.8 Å². The van der Waals surface area contributed by atoms with Gasteiger partial charge in [0.15, 0.2) is 0 Å². The molecule has 1 aromatic carbocycles. The first-order valence-electron chi connectivity index (χ1n) is 9.55. The molecule has 1 aliphatic rings. The molecule has 1 fully saturated rings. The Morgan fingerprint density at radius 1 is 1.15 bits per heavy atom.